The molecule has 1 aliphatic carbocycles. The molecule has 0 radical (unpaired) electrons. The molecule has 0 amide bonds. The SMILES string of the molecule is FC(F)(F)COc1ccc(OCc2noc3c2CCCC3)cc1. The number of halogens is 3. The van der Waals surface area contributed by atoms with Crippen LogP contribution in [0.5, 0.6) is 11.5 Å². The average molecular weight is 327 g/mol. The molecule has 1 aromatic heterocycles. The minimum Gasteiger partial charge on any atom is -0.487 e. The van der Waals surface area contributed by atoms with E-state index in [4.69, 9.17) is 9.26 Å². The summed E-state index contributed by atoms with van der Waals surface area (Å²) in [7, 11) is 0. The van der Waals surface area contributed by atoms with Crippen LogP contribution in [-0.4, -0.2) is 17.9 Å². The first-order chi connectivity index (χ1) is 11.0. The van der Waals surface area contributed by atoms with Gasteiger partial charge >= 0.3 is 6.18 Å². The number of benzene rings is 1. The van der Waals surface area contributed by atoms with Crippen LogP contribution in [0.25, 0.3) is 0 Å². The van der Waals surface area contributed by atoms with Gasteiger partial charge in [0.25, 0.3) is 0 Å². The topological polar surface area (TPSA) is 44.5 Å². The Morgan fingerprint density at radius 2 is 1.65 bits per heavy atom. The van der Waals surface area contributed by atoms with Gasteiger partial charge in [-0.15, -0.1) is 0 Å². The van der Waals surface area contributed by atoms with Gasteiger partial charge < -0.3 is 14.0 Å². The summed E-state index contributed by atoms with van der Waals surface area (Å²) in [5, 5.41) is 4.04. The van der Waals surface area contributed by atoms with Crippen molar-refractivity contribution in [2.75, 3.05) is 6.61 Å². The second-order valence-corrected chi connectivity index (χ2v) is 5.40. The van der Waals surface area contributed by atoms with Crippen LogP contribution in [0.4, 0.5) is 13.2 Å². The summed E-state index contributed by atoms with van der Waals surface area (Å²) in [5.41, 5.74) is 1.92. The molecule has 0 saturated carbocycles. The summed E-state index contributed by atoms with van der Waals surface area (Å²) < 4.78 is 51.8. The Hall–Kier alpha value is -2.18. The highest BCUT2D eigenvalue weighted by molar-refractivity contribution is 5.32. The van der Waals surface area contributed by atoms with Gasteiger partial charge in [0.2, 0.25) is 0 Å². The maximum atomic E-state index is 12.1. The van der Waals surface area contributed by atoms with E-state index in [0.29, 0.717) is 5.75 Å². The van der Waals surface area contributed by atoms with Gasteiger partial charge in [-0.1, -0.05) is 5.16 Å². The third-order valence-corrected chi connectivity index (χ3v) is 3.63. The molecule has 0 spiro atoms. The monoisotopic (exact) mass is 327 g/mol. The largest absolute Gasteiger partial charge is 0.487 e. The number of alkyl halides is 3. The summed E-state index contributed by atoms with van der Waals surface area (Å²) in [6.07, 6.45) is -0.259. The number of aryl methyl sites for hydroxylation is 1. The Labute approximate surface area is 131 Å². The van der Waals surface area contributed by atoms with Gasteiger partial charge in [-0.3, -0.25) is 0 Å². The molecule has 0 unspecified atom stereocenters. The lowest BCUT2D eigenvalue weighted by Crippen LogP contribution is -2.19. The summed E-state index contributed by atoms with van der Waals surface area (Å²) in [6, 6.07) is 6.02. The van der Waals surface area contributed by atoms with Crippen LogP contribution in [0, 0.1) is 0 Å². The lowest BCUT2D eigenvalue weighted by atomic mass is 9.97. The van der Waals surface area contributed by atoms with Crippen LogP contribution >= 0.6 is 0 Å². The van der Waals surface area contributed by atoms with E-state index >= 15 is 0 Å². The van der Waals surface area contributed by atoms with Crippen LogP contribution in [0.3, 0.4) is 0 Å². The first kappa shape index (κ1) is 15.7. The highest BCUT2D eigenvalue weighted by Crippen LogP contribution is 2.26. The number of nitrogens with zero attached hydrogens (tertiary/aromatic N) is 1. The fourth-order valence-corrected chi connectivity index (χ4v) is 2.51. The molecule has 0 bridgehead atoms. The first-order valence-electron chi connectivity index (χ1n) is 7.40. The van der Waals surface area contributed by atoms with Crippen molar-refractivity contribution in [2.24, 2.45) is 0 Å². The van der Waals surface area contributed by atoms with Crippen LogP contribution in [-0.2, 0) is 19.4 Å². The molecule has 1 aromatic carbocycles. The predicted molar refractivity (Wildman–Crippen MR) is 75.5 cm³/mol. The third-order valence-electron chi connectivity index (χ3n) is 3.63. The molecule has 124 valence electrons. The van der Waals surface area contributed by atoms with Crippen LogP contribution in [0.15, 0.2) is 28.8 Å². The van der Waals surface area contributed by atoms with Gasteiger partial charge in [0.05, 0.1) is 0 Å². The Morgan fingerprint density at radius 3 is 2.35 bits per heavy atom. The van der Waals surface area contributed by atoms with E-state index < -0.39 is 12.8 Å². The molecule has 7 heteroatoms. The molecule has 0 saturated heterocycles. The summed E-state index contributed by atoms with van der Waals surface area (Å²) in [5.74, 6) is 1.62. The summed E-state index contributed by atoms with van der Waals surface area (Å²) in [6.45, 7) is -1.03. The maximum absolute atomic E-state index is 12.1. The van der Waals surface area contributed by atoms with Crippen molar-refractivity contribution in [1.29, 1.82) is 0 Å². The minimum absolute atomic E-state index is 0.147. The van der Waals surface area contributed by atoms with Crippen LogP contribution in [0.1, 0.15) is 29.9 Å². The number of hydrogen-bond donors (Lipinski definition) is 0. The van der Waals surface area contributed by atoms with E-state index in [9.17, 15) is 13.2 Å². The number of fused-ring (bicyclic) bond motifs is 1. The van der Waals surface area contributed by atoms with Crippen molar-refractivity contribution in [3.8, 4) is 11.5 Å². The zero-order valence-electron chi connectivity index (χ0n) is 12.4. The average Bonchev–Trinajstić information content (AvgIpc) is 2.94. The second kappa shape index (κ2) is 6.52. The Morgan fingerprint density at radius 1 is 1.00 bits per heavy atom. The van der Waals surface area contributed by atoms with Gasteiger partial charge in [0.1, 0.15) is 29.6 Å². The van der Waals surface area contributed by atoms with Gasteiger partial charge in [-0.2, -0.15) is 13.2 Å². The molecule has 4 nitrogen and oxygen atoms in total. The molecule has 2 aromatic rings. The van der Waals surface area contributed by atoms with E-state index in [2.05, 4.69) is 9.89 Å². The molecule has 0 fully saturated rings. The fraction of sp³-hybridized carbons (Fsp3) is 0.438. The van der Waals surface area contributed by atoms with E-state index in [1.807, 2.05) is 0 Å². The number of rotatable bonds is 5. The van der Waals surface area contributed by atoms with Gasteiger partial charge in [-0.05, 0) is 43.5 Å². The molecular formula is C16H16F3NO3. The molecule has 3 rings (SSSR count). The molecule has 0 N–H and O–H groups in total. The normalized spacial score (nSPS) is 14.4. The zero-order chi connectivity index (χ0) is 16.3. The van der Waals surface area contributed by atoms with Gasteiger partial charge in [0.15, 0.2) is 6.61 Å². The van der Waals surface area contributed by atoms with Gasteiger partial charge in [-0.25, -0.2) is 0 Å². The fourth-order valence-electron chi connectivity index (χ4n) is 2.51. The molecule has 0 atom stereocenters. The number of ether oxygens (including phenoxy) is 2. The molecule has 0 aliphatic heterocycles. The smallest absolute Gasteiger partial charge is 0.422 e. The Bertz CT molecular complexity index is 650. The van der Waals surface area contributed by atoms with Gasteiger partial charge in [0, 0.05) is 12.0 Å². The van der Waals surface area contributed by atoms with Crippen LogP contribution in [0.2, 0.25) is 0 Å². The Balaban J connectivity index is 1.55. The third kappa shape index (κ3) is 4.18. The highest BCUT2D eigenvalue weighted by atomic mass is 19.4. The number of hydrogen-bond acceptors (Lipinski definition) is 4. The highest BCUT2D eigenvalue weighted by Gasteiger charge is 2.28. The van der Waals surface area contributed by atoms with Crippen molar-refractivity contribution in [3.63, 3.8) is 0 Å². The van der Waals surface area contributed by atoms with Crippen molar-refractivity contribution < 1.29 is 27.2 Å². The first-order valence-corrected chi connectivity index (χ1v) is 7.40. The molecule has 23 heavy (non-hydrogen) atoms. The van der Waals surface area contributed by atoms with E-state index in [1.54, 1.807) is 12.1 Å². The zero-order valence-corrected chi connectivity index (χ0v) is 12.4. The lowest BCUT2D eigenvalue weighted by molar-refractivity contribution is -0.153. The molecule has 1 aliphatic rings. The Kier molecular flexibility index (Phi) is 4.45. The quantitative estimate of drug-likeness (QED) is 0.830. The minimum atomic E-state index is -4.35. The van der Waals surface area contributed by atoms with Crippen LogP contribution < -0.4 is 9.47 Å². The van der Waals surface area contributed by atoms with Crippen molar-refractivity contribution in [2.45, 2.75) is 38.5 Å². The van der Waals surface area contributed by atoms with E-state index in [1.165, 1.54) is 12.1 Å². The predicted octanol–water partition coefficient (Wildman–Crippen LogP) is 4.07. The number of aromatic nitrogens is 1. The summed E-state index contributed by atoms with van der Waals surface area (Å²) >= 11 is 0. The van der Waals surface area contributed by atoms with Crippen molar-refractivity contribution >= 4 is 0 Å². The lowest BCUT2D eigenvalue weighted by Gasteiger charge is -2.11. The molecular weight excluding hydrogens is 311 g/mol. The maximum Gasteiger partial charge on any atom is 0.422 e. The van der Waals surface area contributed by atoms with Crippen molar-refractivity contribution in [1.82, 2.24) is 5.16 Å². The van der Waals surface area contributed by atoms with E-state index in [0.717, 1.165) is 42.7 Å². The summed E-state index contributed by atoms with van der Waals surface area (Å²) in [4.78, 5) is 0. The molecule has 1 heterocycles. The second-order valence-electron chi connectivity index (χ2n) is 5.40. The standard InChI is InChI=1S/C16H16F3NO3/c17-16(18,19)10-22-12-7-5-11(6-8-12)21-9-14-13-3-1-2-4-15(13)23-20-14/h5-8H,1-4,9-10H2. The van der Waals surface area contributed by atoms with E-state index in [-0.39, 0.29) is 12.4 Å². The van der Waals surface area contributed by atoms with Crippen molar-refractivity contribution in [3.05, 3.63) is 41.3 Å².